The summed E-state index contributed by atoms with van der Waals surface area (Å²) in [4.78, 5) is 23.7. The molecule has 6 nitrogen and oxygen atoms in total. The minimum atomic E-state index is -0.941. The molecule has 0 radical (unpaired) electrons. The minimum Gasteiger partial charge on any atom is -0.508 e. The van der Waals surface area contributed by atoms with Crippen LogP contribution in [0.4, 0.5) is 4.39 Å². The lowest BCUT2D eigenvalue weighted by Crippen LogP contribution is -2.39. The topological polar surface area (TPSA) is 91.6 Å². The molecule has 30 heavy (non-hydrogen) atoms. The lowest BCUT2D eigenvalue weighted by Gasteiger charge is -2.25. The van der Waals surface area contributed by atoms with E-state index in [9.17, 15) is 24.2 Å². The number of fused-ring (bicyclic) bond motifs is 3. The monoisotopic (exact) mass is 410 g/mol. The summed E-state index contributed by atoms with van der Waals surface area (Å²) in [7, 11) is 0. The van der Waals surface area contributed by atoms with Gasteiger partial charge < -0.3 is 20.1 Å². The number of carboxylic acid groups (broad SMARTS) is 1. The van der Waals surface area contributed by atoms with Gasteiger partial charge in [-0.1, -0.05) is 12.1 Å². The van der Waals surface area contributed by atoms with Gasteiger partial charge in [0.25, 0.3) is 0 Å². The van der Waals surface area contributed by atoms with Gasteiger partial charge in [0.1, 0.15) is 18.1 Å². The predicted octanol–water partition coefficient (Wildman–Crippen LogP) is 3.18. The van der Waals surface area contributed by atoms with Gasteiger partial charge in [0, 0.05) is 29.1 Å². The zero-order valence-electron chi connectivity index (χ0n) is 16.4. The lowest BCUT2D eigenvalue weighted by atomic mass is 9.91. The predicted molar refractivity (Wildman–Crippen MR) is 110 cm³/mol. The molecule has 4 rings (SSSR count). The van der Waals surface area contributed by atoms with Crippen molar-refractivity contribution in [3.63, 3.8) is 0 Å². The van der Waals surface area contributed by atoms with Gasteiger partial charge >= 0.3 is 5.97 Å². The average Bonchev–Trinajstić information content (AvgIpc) is 2.99. The summed E-state index contributed by atoms with van der Waals surface area (Å²) in [6.45, 7) is -0.166. The summed E-state index contributed by atoms with van der Waals surface area (Å²) in [6.07, 6.45) is 2.79. The van der Waals surface area contributed by atoms with Crippen LogP contribution < -0.4 is 5.32 Å². The summed E-state index contributed by atoms with van der Waals surface area (Å²) in [6, 6.07) is 11.1. The summed E-state index contributed by atoms with van der Waals surface area (Å²) in [5, 5.41) is 22.4. The number of nitrogens with one attached hydrogen (secondary N) is 1. The second kappa shape index (κ2) is 8.18. The highest BCUT2D eigenvalue weighted by atomic mass is 19.1. The minimum absolute atomic E-state index is 0.0584. The second-order valence-corrected chi connectivity index (χ2v) is 7.74. The van der Waals surface area contributed by atoms with Gasteiger partial charge in [-0.05, 0) is 67.1 Å². The van der Waals surface area contributed by atoms with Crippen LogP contribution in [0.25, 0.3) is 10.9 Å². The Balaban J connectivity index is 1.48. The van der Waals surface area contributed by atoms with Crippen LogP contribution >= 0.6 is 0 Å². The van der Waals surface area contributed by atoms with E-state index in [-0.39, 0.29) is 30.1 Å². The first-order valence-corrected chi connectivity index (χ1v) is 9.99. The average molecular weight is 410 g/mol. The second-order valence-electron chi connectivity index (χ2n) is 7.74. The van der Waals surface area contributed by atoms with E-state index in [0.717, 1.165) is 16.8 Å². The molecule has 0 spiro atoms. The van der Waals surface area contributed by atoms with E-state index in [0.29, 0.717) is 43.0 Å². The first-order chi connectivity index (χ1) is 14.4. The van der Waals surface area contributed by atoms with E-state index in [1.165, 1.54) is 12.1 Å². The highest BCUT2D eigenvalue weighted by Crippen LogP contribution is 2.33. The molecule has 3 aromatic rings. The van der Waals surface area contributed by atoms with Gasteiger partial charge in [0.15, 0.2) is 0 Å². The van der Waals surface area contributed by atoms with E-state index < -0.39 is 5.97 Å². The van der Waals surface area contributed by atoms with E-state index in [1.807, 2.05) is 0 Å². The number of rotatable bonds is 6. The molecule has 2 aromatic carbocycles. The molecule has 1 amide bonds. The van der Waals surface area contributed by atoms with Crippen molar-refractivity contribution in [1.82, 2.24) is 9.88 Å². The third-order valence-electron chi connectivity index (χ3n) is 5.66. The fourth-order valence-electron chi connectivity index (χ4n) is 4.28. The maximum Gasteiger partial charge on any atom is 0.323 e. The summed E-state index contributed by atoms with van der Waals surface area (Å²) >= 11 is 0. The van der Waals surface area contributed by atoms with Crippen molar-refractivity contribution >= 4 is 22.8 Å². The molecular weight excluding hydrogens is 387 g/mol. The third kappa shape index (κ3) is 4.15. The maximum atomic E-state index is 13.9. The normalized spacial score (nSPS) is 15.7. The number of aryl methyl sites for hydroxylation is 1. The number of amides is 1. The number of carbonyl (C=O) groups excluding carboxylic acids is 1. The van der Waals surface area contributed by atoms with Crippen molar-refractivity contribution < 1.29 is 24.2 Å². The Labute approximate surface area is 172 Å². The van der Waals surface area contributed by atoms with Crippen molar-refractivity contribution in [2.24, 2.45) is 0 Å². The fraction of sp³-hybridized carbons (Fsp3) is 0.304. The Morgan fingerprint density at radius 2 is 1.93 bits per heavy atom. The Hall–Kier alpha value is -3.35. The number of hydrogen-bond acceptors (Lipinski definition) is 3. The Morgan fingerprint density at radius 3 is 2.67 bits per heavy atom. The highest BCUT2D eigenvalue weighted by molar-refractivity contribution is 5.87. The summed E-state index contributed by atoms with van der Waals surface area (Å²) in [5.74, 6) is -1.17. The largest absolute Gasteiger partial charge is 0.508 e. The Bertz CT molecular complexity index is 1100. The van der Waals surface area contributed by atoms with E-state index in [4.69, 9.17) is 0 Å². The first-order valence-electron chi connectivity index (χ1n) is 9.99. The van der Waals surface area contributed by atoms with Crippen LogP contribution in [0.1, 0.15) is 29.7 Å². The van der Waals surface area contributed by atoms with Crippen LogP contribution in [0.2, 0.25) is 0 Å². The standard InChI is InChI=1S/C23H23FN2O4/c24-15-4-8-20-18(11-15)19-12-16(5-9-21(19)26(20)13-23(29)30)25-22(28)10-3-14-1-6-17(27)7-2-14/h1-2,4,6-8,11,16,27H,3,5,9-10,12-13H2,(H,25,28)(H,29,30). The van der Waals surface area contributed by atoms with E-state index >= 15 is 0 Å². The molecule has 1 aliphatic carbocycles. The molecule has 0 fully saturated rings. The number of hydrogen-bond donors (Lipinski definition) is 3. The van der Waals surface area contributed by atoms with Gasteiger partial charge in [-0.15, -0.1) is 0 Å². The number of phenols is 1. The Morgan fingerprint density at radius 1 is 1.17 bits per heavy atom. The van der Waals surface area contributed by atoms with Crippen LogP contribution in [0.15, 0.2) is 42.5 Å². The summed E-state index contributed by atoms with van der Waals surface area (Å²) < 4.78 is 15.6. The molecule has 156 valence electrons. The zero-order valence-corrected chi connectivity index (χ0v) is 16.4. The molecule has 0 saturated carbocycles. The van der Waals surface area contributed by atoms with E-state index in [2.05, 4.69) is 5.32 Å². The van der Waals surface area contributed by atoms with Crippen LogP contribution in [0, 0.1) is 5.82 Å². The van der Waals surface area contributed by atoms with Gasteiger partial charge in [-0.3, -0.25) is 9.59 Å². The molecule has 0 bridgehead atoms. The van der Waals surface area contributed by atoms with Crippen molar-refractivity contribution in [3.8, 4) is 5.75 Å². The number of carboxylic acids is 1. The smallest absolute Gasteiger partial charge is 0.323 e. The SMILES string of the molecule is O=C(O)Cn1c2c(c3cc(F)ccc31)CC(NC(=O)CCc1ccc(O)cc1)CC2. The molecule has 7 heteroatoms. The van der Waals surface area contributed by atoms with Crippen molar-refractivity contribution in [2.45, 2.75) is 44.7 Å². The zero-order chi connectivity index (χ0) is 21.3. The molecule has 3 N–H and O–H groups in total. The molecule has 0 aliphatic heterocycles. The van der Waals surface area contributed by atoms with Crippen LogP contribution in [0.3, 0.4) is 0 Å². The molecule has 0 saturated heterocycles. The first kappa shape index (κ1) is 19.9. The number of aromatic nitrogens is 1. The number of carbonyl (C=O) groups is 2. The number of phenolic OH excluding ortho intramolecular Hbond substituents is 1. The van der Waals surface area contributed by atoms with Crippen LogP contribution in [-0.4, -0.2) is 32.7 Å². The molecule has 1 unspecified atom stereocenters. The quantitative estimate of drug-likeness (QED) is 0.582. The van der Waals surface area contributed by atoms with Gasteiger partial charge in [-0.25, -0.2) is 4.39 Å². The number of nitrogens with zero attached hydrogens (tertiary/aromatic N) is 1. The number of aromatic hydroxyl groups is 1. The fourth-order valence-corrected chi connectivity index (χ4v) is 4.28. The Kier molecular flexibility index (Phi) is 5.44. The van der Waals surface area contributed by atoms with Crippen molar-refractivity contribution in [3.05, 3.63) is 65.1 Å². The number of aliphatic carboxylic acids is 1. The molecular formula is C23H23FN2O4. The van der Waals surface area contributed by atoms with Gasteiger partial charge in [0.2, 0.25) is 5.91 Å². The van der Waals surface area contributed by atoms with Crippen molar-refractivity contribution in [2.75, 3.05) is 0 Å². The van der Waals surface area contributed by atoms with Crippen LogP contribution in [0.5, 0.6) is 5.75 Å². The molecule has 1 aromatic heterocycles. The number of benzene rings is 2. The maximum absolute atomic E-state index is 13.9. The highest BCUT2D eigenvalue weighted by Gasteiger charge is 2.27. The third-order valence-corrected chi connectivity index (χ3v) is 5.66. The van der Waals surface area contributed by atoms with Crippen molar-refractivity contribution in [1.29, 1.82) is 0 Å². The molecule has 1 aliphatic rings. The summed E-state index contributed by atoms with van der Waals surface area (Å²) in [5.41, 5.74) is 3.51. The van der Waals surface area contributed by atoms with Gasteiger partial charge in [0.05, 0.1) is 0 Å². The van der Waals surface area contributed by atoms with Crippen LogP contribution in [-0.2, 0) is 35.4 Å². The molecule has 1 heterocycles. The number of halogens is 1. The lowest BCUT2D eigenvalue weighted by molar-refractivity contribution is -0.137. The van der Waals surface area contributed by atoms with E-state index in [1.54, 1.807) is 34.9 Å². The van der Waals surface area contributed by atoms with Gasteiger partial charge in [-0.2, -0.15) is 0 Å². The molecule has 1 atom stereocenters.